The number of hydrogen-bond donors (Lipinski definition) is 0. The Morgan fingerprint density at radius 2 is 0.651 bits per heavy atom. The number of nitriles is 6. The smallest absolute Gasteiger partial charge is 0.120 e. The third kappa shape index (κ3) is 6.11. The molecule has 0 bridgehead atoms. The van der Waals surface area contributed by atoms with E-state index in [1.165, 1.54) is 66.8 Å². The van der Waals surface area contributed by atoms with Gasteiger partial charge in [-0.15, -0.1) is 0 Å². The lowest BCUT2D eigenvalue weighted by atomic mass is 10.1. The molecule has 0 amide bonds. The van der Waals surface area contributed by atoms with Gasteiger partial charge in [0.2, 0.25) is 0 Å². The van der Waals surface area contributed by atoms with Crippen LogP contribution in [0.3, 0.4) is 0 Å². The molecule has 3 aromatic heterocycles. The number of rotatable bonds is 7. The fourth-order valence-electron chi connectivity index (χ4n) is 3.97. The highest BCUT2D eigenvalue weighted by Gasteiger charge is 2.21. The van der Waals surface area contributed by atoms with Gasteiger partial charge in [0.05, 0.1) is 70.6 Å². The highest BCUT2D eigenvalue weighted by molar-refractivity contribution is 6.18. The van der Waals surface area contributed by atoms with Gasteiger partial charge in [0.1, 0.15) is 33.1 Å². The molecule has 0 radical (unpaired) electrons. The van der Waals surface area contributed by atoms with Gasteiger partial charge in [0.15, 0.2) is 0 Å². The average Bonchev–Trinajstić information content (AvgIpc) is 3.03. The van der Waals surface area contributed by atoms with E-state index < -0.39 is 0 Å². The largest absolute Gasteiger partial charge is 0.246 e. The van der Waals surface area contributed by atoms with Gasteiger partial charge in [-0.2, -0.15) is 31.6 Å². The first-order valence-electron chi connectivity index (χ1n) is 12.2. The molecule has 0 spiro atoms. The van der Waals surface area contributed by atoms with E-state index in [2.05, 4.69) is 0 Å². The topological polar surface area (TPSA) is 220 Å². The van der Waals surface area contributed by atoms with Gasteiger partial charge in [-0.3, -0.25) is 0 Å². The maximum absolute atomic E-state index is 9.17. The number of benzene rings is 1. The molecule has 12 heteroatoms. The second-order valence-corrected chi connectivity index (χ2v) is 8.18. The van der Waals surface area contributed by atoms with Crippen LogP contribution in [-0.2, 0) is 6.42 Å². The van der Waals surface area contributed by atoms with Crippen LogP contribution >= 0.6 is 0 Å². The van der Waals surface area contributed by atoms with Crippen molar-refractivity contribution >= 4 is 63.5 Å². The predicted octanol–water partition coefficient (Wildman–Crippen LogP) is 4.82. The lowest BCUT2D eigenvalue weighted by Crippen LogP contribution is -2.05. The zero-order valence-corrected chi connectivity index (χ0v) is 22.0. The first-order valence-corrected chi connectivity index (χ1v) is 12.2. The van der Waals surface area contributed by atoms with Crippen LogP contribution in [0.1, 0.15) is 34.2 Å². The van der Waals surface area contributed by atoms with Crippen LogP contribution in [0.5, 0.6) is 0 Å². The van der Waals surface area contributed by atoms with E-state index in [-0.39, 0.29) is 62.3 Å². The quantitative estimate of drug-likeness (QED) is 0.221. The summed E-state index contributed by atoms with van der Waals surface area (Å²) in [6.07, 6.45) is 16.4. The van der Waals surface area contributed by atoms with E-state index >= 15 is 0 Å². The molecule has 0 fully saturated rings. The van der Waals surface area contributed by atoms with E-state index in [4.69, 9.17) is 61.5 Å². The van der Waals surface area contributed by atoms with Gasteiger partial charge in [-0.25, -0.2) is 29.9 Å². The van der Waals surface area contributed by atoms with Crippen molar-refractivity contribution in [3.8, 4) is 36.4 Å². The van der Waals surface area contributed by atoms with Gasteiger partial charge in [-0.1, -0.05) is 6.08 Å². The Morgan fingerprint density at radius 3 is 0.977 bits per heavy atom. The summed E-state index contributed by atoms with van der Waals surface area (Å²) in [5, 5.41) is 54.7. The molecule has 0 aliphatic rings. The normalized spacial score (nSPS) is 11.6. The van der Waals surface area contributed by atoms with Crippen LogP contribution in [0.25, 0.3) is 63.5 Å². The molecule has 4 aromatic rings. The van der Waals surface area contributed by atoms with Crippen molar-refractivity contribution in [1.82, 2.24) is 29.9 Å². The van der Waals surface area contributed by atoms with Crippen molar-refractivity contribution < 1.29 is 0 Å². The van der Waals surface area contributed by atoms with E-state index in [0.29, 0.717) is 11.4 Å². The minimum atomic E-state index is 0.207. The van der Waals surface area contributed by atoms with Crippen molar-refractivity contribution in [2.75, 3.05) is 0 Å². The molecule has 3 heterocycles. The first kappa shape index (κ1) is 28.6. The summed E-state index contributed by atoms with van der Waals surface area (Å²) in [4.78, 5) is 28.5. The highest BCUT2D eigenvalue weighted by atomic mass is 14.9. The average molecular weight is 555 g/mol. The molecule has 4 rings (SSSR count). The Morgan fingerprint density at radius 1 is 0.372 bits per heavy atom. The fraction of sp³-hybridized carbons (Fsp3) is 0.0323. The molecule has 0 aliphatic heterocycles. The Kier molecular flexibility index (Phi) is 9.06. The molecule has 12 nitrogen and oxygen atoms in total. The lowest BCUT2D eigenvalue weighted by molar-refractivity contribution is 1.08. The van der Waals surface area contributed by atoms with Gasteiger partial charge < -0.3 is 0 Å². The van der Waals surface area contributed by atoms with Crippen LogP contribution < -0.4 is 0 Å². The molecule has 0 unspecified atom stereocenters. The van der Waals surface area contributed by atoms with Gasteiger partial charge in [0.25, 0.3) is 0 Å². The Bertz CT molecular complexity index is 2170. The second-order valence-electron chi connectivity index (χ2n) is 8.18. The van der Waals surface area contributed by atoms with Crippen LogP contribution in [0.2, 0.25) is 0 Å². The van der Waals surface area contributed by atoms with Crippen molar-refractivity contribution in [3.63, 3.8) is 0 Å². The molecule has 43 heavy (non-hydrogen) atoms. The minimum Gasteiger partial charge on any atom is -0.246 e. The molecular weight excluding hydrogens is 540 g/mol. The summed E-state index contributed by atoms with van der Waals surface area (Å²) in [6.45, 7) is 0. The minimum absolute atomic E-state index is 0.207. The van der Waals surface area contributed by atoms with E-state index in [1.54, 1.807) is 6.08 Å². The molecule has 0 aliphatic carbocycles. The van der Waals surface area contributed by atoms with Crippen molar-refractivity contribution in [2.24, 2.45) is 0 Å². The summed E-state index contributed by atoms with van der Waals surface area (Å²) < 4.78 is 0. The molecule has 198 valence electrons. The van der Waals surface area contributed by atoms with E-state index in [9.17, 15) is 0 Å². The Labute approximate surface area is 244 Å². The molecular formula is C31H14N12. The summed E-state index contributed by atoms with van der Waals surface area (Å²) in [5.41, 5.74) is 3.37. The van der Waals surface area contributed by atoms with Crippen molar-refractivity contribution in [3.05, 3.63) is 76.7 Å². The predicted molar refractivity (Wildman–Crippen MR) is 157 cm³/mol. The summed E-state index contributed by atoms with van der Waals surface area (Å²) in [5.74, 6) is 0. The van der Waals surface area contributed by atoms with Crippen LogP contribution in [0, 0.1) is 68.0 Å². The van der Waals surface area contributed by atoms with Crippen LogP contribution in [0.4, 0.5) is 0 Å². The van der Waals surface area contributed by atoms with Crippen LogP contribution in [-0.4, -0.2) is 29.9 Å². The number of hydrogen-bond acceptors (Lipinski definition) is 12. The van der Waals surface area contributed by atoms with Gasteiger partial charge >= 0.3 is 0 Å². The SMILES string of the molecule is N#C/C=C/Cc1nc2c3nc(/C=C/C#N)c(/C=C/C#N)nc3c3nc(/C=C/C#N)c(/C=C/C#N)nc3c2nc1/C=C/C#N. The summed E-state index contributed by atoms with van der Waals surface area (Å²) in [7, 11) is 0. The van der Waals surface area contributed by atoms with Gasteiger partial charge in [0, 0.05) is 42.9 Å². The van der Waals surface area contributed by atoms with E-state index in [1.807, 2.05) is 36.4 Å². The summed E-state index contributed by atoms with van der Waals surface area (Å²) >= 11 is 0. The molecule has 0 N–H and O–H groups in total. The van der Waals surface area contributed by atoms with Crippen LogP contribution in [0.15, 0.2) is 42.5 Å². The Balaban J connectivity index is 2.30. The van der Waals surface area contributed by atoms with Gasteiger partial charge in [-0.05, 0) is 30.4 Å². The lowest BCUT2D eigenvalue weighted by Gasteiger charge is -2.13. The zero-order valence-electron chi connectivity index (χ0n) is 22.0. The summed E-state index contributed by atoms with van der Waals surface area (Å²) in [6, 6.07) is 11.5. The fourth-order valence-corrected chi connectivity index (χ4v) is 3.97. The monoisotopic (exact) mass is 554 g/mol. The maximum atomic E-state index is 9.17. The second kappa shape index (κ2) is 13.6. The van der Waals surface area contributed by atoms with E-state index in [0.717, 1.165) is 0 Å². The first-order chi connectivity index (χ1) is 21.1. The highest BCUT2D eigenvalue weighted by Crippen LogP contribution is 2.32. The number of aromatic nitrogens is 6. The molecule has 0 saturated carbocycles. The van der Waals surface area contributed by atoms with Crippen molar-refractivity contribution in [1.29, 1.82) is 31.6 Å². The molecule has 0 atom stereocenters. The zero-order chi connectivity index (χ0) is 30.6. The standard InChI is InChI=1S/C31H14N12/c32-14-2-1-8-20-21(9-3-15-33)39-27-26(38-20)28-30(42-23(11-5-17-35)22(40-28)10-4-16-34)31-29(27)41-24(12-6-18-36)25(43-31)13-7-19-37/h1-7,9-13H,8H2/b2-1+,9-3+,10-4+,11-5+,12-6+,13-7+. The third-order valence-corrected chi connectivity index (χ3v) is 5.66. The Hall–Kier alpha value is -7.38. The third-order valence-electron chi connectivity index (χ3n) is 5.66. The maximum Gasteiger partial charge on any atom is 0.120 e. The number of nitrogens with zero attached hydrogens (tertiary/aromatic N) is 12. The molecule has 0 saturated heterocycles. The molecule has 1 aromatic carbocycles. The van der Waals surface area contributed by atoms with Crippen molar-refractivity contribution in [2.45, 2.75) is 6.42 Å². The number of allylic oxidation sites excluding steroid dienone is 7. The number of fused-ring (bicyclic) bond motifs is 6.